The highest BCUT2D eigenvalue weighted by Gasteiger charge is 2.26. The summed E-state index contributed by atoms with van der Waals surface area (Å²) in [5.74, 6) is 1.60. The average molecular weight is 315 g/mol. The summed E-state index contributed by atoms with van der Waals surface area (Å²) < 4.78 is 6.37. The number of hydrogen-bond acceptors (Lipinski definition) is 4. The van der Waals surface area contributed by atoms with Crippen LogP contribution in [0.25, 0.3) is 0 Å². The highest BCUT2D eigenvalue weighted by Crippen LogP contribution is 2.42. The molecule has 0 radical (unpaired) electrons. The molecule has 0 bridgehead atoms. The maximum atomic E-state index is 6.27. The summed E-state index contributed by atoms with van der Waals surface area (Å²) >= 11 is 9.69. The number of rotatable bonds is 0. The minimum absolute atomic E-state index is 0.510. The Hall–Kier alpha value is -1.20. The number of nitrogens with one attached hydrogen (secondary N) is 1. The van der Waals surface area contributed by atoms with E-state index in [-0.39, 0.29) is 0 Å². The van der Waals surface area contributed by atoms with Gasteiger partial charge in [0, 0.05) is 17.7 Å². The zero-order chi connectivity index (χ0) is 12.0. The smallest absolute Gasteiger partial charge is 0.142 e. The minimum Gasteiger partial charge on any atom is -0.463 e. The van der Waals surface area contributed by atoms with Crippen LogP contribution in [0.15, 0.2) is 28.0 Å². The predicted octanol–water partition coefficient (Wildman–Crippen LogP) is 3.03. The molecule has 1 aromatic carbocycles. The molecule has 0 spiro atoms. The van der Waals surface area contributed by atoms with E-state index in [1.807, 2.05) is 24.2 Å². The van der Waals surface area contributed by atoms with Crippen LogP contribution in [0, 0.1) is 0 Å². The van der Waals surface area contributed by atoms with E-state index in [0.29, 0.717) is 11.7 Å². The third-order valence-electron chi connectivity index (χ3n) is 2.71. The van der Waals surface area contributed by atoms with Crippen LogP contribution >= 0.6 is 27.5 Å². The number of benzene rings is 1. The molecule has 4 nitrogen and oxygen atoms in total. The van der Waals surface area contributed by atoms with E-state index in [1.54, 1.807) is 6.26 Å². The van der Waals surface area contributed by atoms with E-state index in [0.717, 1.165) is 27.3 Å². The Morgan fingerprint density at radius 3 is 3.24 bits per heavy atom. The normalized spacial score (nSPS) is 16.6. The van der Waals surface area contributed by atoms with E-state index in [2.05, 4.69) is 26.2 Å². The molecule has 0 unspecified atom stereocenters. The molecular weight excluding hydrogens is 305 g/mol. The fraction of sp³-hybridized carbons (Fsp3) is 0.182. The molecule has 0 aliphatic carbocycles. The average Bonchev–Trinajstić information content (AvgIpc) is 2.48. The summed E-state index contributed by atoms with van der Waals surface area (Å²) in [6.45, 7) is 0.510. The molecule has 17 heavy (non-hydrogen) atoms. The monoisotopic (exact) mass is 313 g/mol. The summed E-state index contributed by atoms with van der Waals surface area (Å²) in [5, 5.41) is 3.82. The zero-order valence-electron chi connectivity index (χ0n) is 9.00. The van der Waals surface area contributed by atoms with Gasteiger partial charge in [-0.2, -0.15) is 0 Å². The van der Waals surface area contributed by atoms with Crippen molar-refractivity contribution in [2.24, 2.45) is 4.99 Å². The maximum absolute atomic E-state index is 6.27. The molecular formula is C11H9BrClN3O. The number of nitrogens with zero attached hydrogens (tertiary/aromatic N) is 2. The summed E-state index contributed by atoms with van der Waals surface area (Å²) in [6.07, 6.45) is 3.46. The van der Waals surface area contributed by atoms with Crippen LogP contribution in [0.5, 0.6) is 5.75 Å². The van der Waals surface area contributed by atoms with Gasteiger partial charge in [0.1, 0.15) is 24.5 Å². The first-order chi connectivity index (χ1) is 8.18. The Kier molecular flexibility index (Phi) is 2.52. The maximum Gasteiger partial charge on any atom is 0.142 e. The van der Waals surface area contributed by atoms with Gasteiger partial charge in [0.05, 0.1) is 16.3 Å². The second-order valence-electron chi connectivity index (χ2n) is 3.75. The number of ether oxygens (including phenoxy) is 1. The lowest BCUT2D eigenvalue weighted by Crippen LogP contribution is -2.27. The van der Waals surface area contributed by atoms with Crippen LogP contribution in [0.1, 0.15) is 5.56 Å². The van der Waals surface area contributed by atoms with Gasteiger partial charge in [0.25, 0.3) is 0 Å². The first kappa shape index (κ1) is 10.9. The van der Waals surface area contributed by atoms with Crippen LogP contribution in [-0.2, 0) is 0 Å². The van der Waals surface area contributed by atoms with Crippen LogP contribution in [-0.4, -0.2) is 24.5 Å². The van der Waals surface area contributed by atoms with Gasteiger partial charge in [-0.1, -0.05) is 11.6 Å². The molecule has 0 atom stereocenters. The fourth-order valence-electron chi connectivity index (χ4n) is 1.91. The SMILES string of the molecule is CN1C=COc2cc(Br)c(Cl)c3c2C1=NCN3. The fourth-order valence-corrected chi connectivity index (χ4v) is 2.53. The van der Waals surface area contributed by atoms with Crippen molar-refractivity contribution in [2.45, 2.75) is 0 Å². The van der Waals surface area contributed by atoms with Gasteiger partial charge in [0.15, 0.2) is 0 Å². The molecule has 1 aromatic rings. The second kappa shape index (κ2) is 3.92. The first-order valence-corrected chi connectivity index (χ1v) is 6.22. The lowest BCUT2D eigenvalue weighted by atomic mass is 10.1. The van der Waals surface area contributed by atoms with Crippen molar-refractivity contribution in [1.29, 1.82) is 0 Å². The van der Waals surface area contributed by atoms with E-state index in [9.17, 15) is 0 Å². The number of aliphatic imine (C=N–C) groups is 1. The first-order valence-electron chi connectivity index (χ1n) is 5.05. The van der Waals surface area contributed by atoms with Gasteiger partial charge in [-0.25, -0.2) is 4.99 Å². The van der Waals surface area contributed by atoms with Crippen molar-refractivity contribution in [3.05, 3.63) is 33.6 Å². The van der Waals surface area contributed by atoms with E-state index in [4.69, 9.17) is 16.3 Å². The van der Waals surface area contributed by atoms with Crippen molar-refractivity contribution < 1.29 is 4.74 Å². The Labute approximate surface area is 112 Å². The third-order valence-corrected chi connectivity index (χ3v) is 3.95. The highest BCUT2D eigenvalue weighted by atomic mass is 79.9. The summed E-state index contributed by atoms with van der Waals surface area (Å²) in [6, 6.07) is 1.85. The molecule has 2 heterocycles. The number of hydrogen-bond donors (Lipinski definition) is 1. The Morgan fingerprint density at radius 2 is 2.41 bits per heavy atom. The molecule has 0 amide bonds. The van der Waals surface area contributed by atoms with Gasteiger partial charge in [-0.3, -0.25) is 0 Å². The largest absolute Gasteiger partial charge is 0.463 e. The van der Waals surface area contributed by atoms with Crippen molar-refractivity contribution in [3.63, 3.8) is 0 Å². The van der Waals surface area contributed by atoms with Gasteiger partial charge >= 0.3 is 0 Å². The molecule has 6 heteroatoms. The van der Waals surface area contributed by atoms with E-state index < -0.39 is 0 Å². The van der Waals surface area contributed by atoms with Gasteiger partial charge in [0.2, 0.25) is 0 Å². The van der Waals surface area contributed by atoms with Crippen molar-refractivity contribution in [1.82, 2.24) is 4.90 Å². The third kappa shape index (κ3) is 1.61. The highest BCUT2D eigenvalue weighted by molar-refractivity contribution is 9.10. The van der Waals surface area contributed by atoms with E-state index in [1.165, 1.54) is 0 Å². The molecule has 2 aliphatic rings. The Balaban J connectivity index is 2.32. The Bertz CT molecular complexity index is 556. The minimum atomic E-state index is 0.510. The molecule has 3 rings (SSSR count). The molecule has 0 fully saturated rings. The van der Waals surface area contributed by atoms with Crippen LogP contribution in [0.3, 0.4) is 0 Å². The predicted molar refractivity (Wildman–Crippen MR) is 71.7 cm³/mol. The molecule has 1 N–H and O–H groups in total. The summed E-state index contributed by atoms with van der Waals surface area (Å²) in [7, 11) is 1.93. The molecule has 2 aliphatic heterocycles. The number of amidine groups is 1. The van der Waals surface area contributed by atoms with Crippen molar-refractivity contribution in [2.75, 3.05) is 19.0 Å². The quantitative estimate of drug-likeness (QED) is 0.800. The zero-order valence-corrected chi connectivity index (χ0v) is 11.3. The van der Waals surface area contributed by atoms with Gasteiger partial charge in [-0.05, 0) is 22.0 Å². The van der Waals surface area contributed by atoms with Crippen LogP contribution < -0.4 is 10.1 Å². The van der Waals surface area contributed by atoms with Gasteiger partial charge in [-0.15, -0.1) is 0 Å². The molecule has 0 saturated carbocycles. The number of anilines is 1. The standard InChI is InChI=1S/C11H9BrClN3O/c1-16-2-3-17-7-4-6(12)9(13)10-8(7)11(16)15-5-14-10/h2-4,14H,5H2,1H3. The van der Waals surface area contributed by atoms with Crippen LogP contribution in [0.2, 0.25) is 5.02 Å². The molecule has 0 saturated heterocycles. The van der Waals surface area contributed by atoms with Gasteiger partial charge < -0.3 is 15.0 Å². The van der Waals surface area contributed by atoms with E-state index >= 15 is 0 Å². The molecule has 88 valence electrons. The molecule has 0 aromatic heterocycles. The number of halogens is 2. The lowest BCUT2D eigenvalue weighted by molar-refractivity contribution is 0.475. The Morgan fingerprint density at radius 1 is 1.59 bits per heavy atom. The van der Waals surface area contributed by atoms with Crippen LogP contribution in [0.4, 0.5) is 5.69 Å². The summed E-state index contributed by atoms with van der Waals surface area (Å²) in [4.78, 5) is 6.36. The topological polar surface area (TPSA) is 36.9 Å². The van der Waals surface area contributed by atoms with Crippen molar-refractivity contribution in [3.8, 4) is 5.75 Å². The van der Waals surface area contributed by atoms with Crippen molar-refractivity contribution >= 4 is 39.1 Å². The summed E-state index contributed by atoms with van der Waals surface area (Å²) in [5.41, 5.74) is 1.76. The lowest BCUT2D eigenvalue weighted by Gasteiger charge is -2.24. The second-order valence-corrected chi connectivity index (χ2v) is 4.98.